The van der Waals surface area contributed by atoms with E-state index in [4.69, 9.17) is 0 Å². The number of hydrogen-bond donors (Lipinski definition) is 1. The molecule has 3 unspecified atom stereocenters. The third-order valence-corrected chi connectivity index (χ3v) is 7.43. The highest BCUT2D eigenvalue weighted by Crippen LogP contribution is 2.40. The maximum atomic E-state index is 12.9. The van der Waals surface area contributed by atoms with Gasteiger partial charge in [0.05, 0.1) is 17.1 Å². The van der Waals surface area contributed by atoms with Gasteiger partial charge >= 0.3 is 5.97 Å². The number of carboxylic acid groups (broad SMARTS) is 1. The molecule has 3 atom stereocenters. The summed E-state index contributed by atoms with van der Waals surface area (Å²) in [6.45, 7) is 1.59. The average Bonchev–Trinajstić information content (AvgIpc) is 3.02. The SMILES string of the molecule is CCS(=O)(=O)c1ccc(CC(=O)N2C(C(=O)O)CC3CCCCC32)cc1. The van der Waals surface area contributed by atoms with Crippen LogP contribution in [0.25, 0.3) is 0 Å². The van der Waals surface area contributed by atoms with Gasteiger partial charge in [-0.3, -0.25) is 4.79 Å². The molecular weight excluding hydrogens is 354 g/mol. The van der Waals surface area contributed by atoms with Crippen molar-refractivity contribution in [1.29, 1.82) is 0 Å². The highest BCUT2D eigenvalue weighted by molar-refractivity contribution is 7.91. The zero-order chi connectivity index (χ0) is 18.9. The van der Waals surface area contributed by atoms with Crippen LogP contribution in [0.4, 0.5) is 0 Å². The second-order valence-electron chi connectivity index (χ2n) is 7.23. The smallest absolute Gasteiger partial charge is 0.326 e. The summed E-state index contributed by atoms with van der Waals surface area (Å²) >= 11 is 0. The predicted octanol–water partition coefficient (Wildman–Crippen LogP) is 2.27. The molecule has 0 aromatic heterocycles. The van der Waals surface area contributed by atoms with Crippen molar-refractivity contribution in [2.45, 2.75) is 62.4 Å². The van der Waals surface area contributed by atoms with Crippen LogP contribution in [-0.4, -0.2) is 48.1 Å². The van der Waals surface area contributed by atoms with Gasteiger partial charge in [0.15, 0.2) is 9.84 Å². The lowest BCUT2D eigenvalue weighted by atomic mass is 9.84. The van der Waals surface area contributed by atoms with Crippen molar-refractivity contribution in [3.63, 3.8) is 0 Å². The Hall–Kier alpha value is -1.89. The Balaban J connectivity index is 1.76. The average molecular weight is 379 g/mol. The summed E-state index contributed by atoms with van der Waals surface area (Å²) < 4.78 is 23.8. The summed E-state index contributed by atoms with van der Waals surface area (Å²) in [7, 11) is -3.27. The van der Waals surface area contributed by atoms with Crippen molar-refractivity contribution in [3.8, 4) is 0 Å². The van der Waals surface area contributed by atoms with Crippen LogP contribution in [0.1, 0.15) is 44.6 Å². The minimum absolute atomic E-state index is 0.0251. The zero-order valence-electron chi connectivity index (χ0n) is 14.9. The van der Waals surface area contributed by atoms with E-state index in [0.717, 1.165) is 25.7 Å². The molecule has 142 valence electrons. The van der Waals surface area contributed by atoms with E-state index in [1.165, 1.54) is 12.1 Å². The molecule has 1 amide bonds. The van der Waals surface area contributed by atoms with E-state index >= 15 is 0 Å². The summed E-state index contributed by atoms with van der Waals surface area (Å²) in [4.78, 5) is 26.3. The number of sulfone groups is 1. The maximum Gasteiger partial charge on any atom is 0.326 e. The molecule has 6 nitrogen and oxygen atoms in total. The molecule has 3 rings (SSSR count). The third-order valence-electron chi connectivity index (χ3n) is 5.68. The Morgan fingerprint density at radius 2 is 1.81 bits per heavy atom. The van der Waals surface area contributed by atoms with E-state index < -0.39 is 21.8 Å². The number of aliphatic carboxylic acids is 1. The fraction of sp³-hybridized carbons (Fsp3) is 0.579. The van der Waals surface area contributed by atoms with Crippen molar-refractivity contribution in [1.82, 2.24) is 4.90 Å². The molecule has 0 bridgehead atoms. The van der Waals surface area contributed by atoms with Gasteiger partial charge < -0.3 is 10.0 Å². The van der Waals surface area contributed by atoms with Crippen LogP contribution in [0.2, 0.25) is 0 Å². The number of carboxylic acids is 1. The van der Waals surface area contributed by atoms with Crippen LogP contribution in [0.3, 0.4) is 0 Å². The molecule has 1 saturated heterocycles. The topological polar surface area (TPSA) is 91.8 Å². The number of benzene rings is 1. The fourth-order valence-corrected chi connectivity index (χ4v) is 5.17. The Labute approximate surface area is 154 Å². The van der Waals surface area contributed by atoms with Gasteiger partial charge in [0.2, 0.25) is 5.91 Å². The van der Waals surface area contributed by atoms with Crippen molar-refractivity contribution in [2.75, 3.05) is 5.75 Å². The lowest BCUT2D eigenvalue weighted by Crippen LogP contribution is -2.46. The van der Waals surface area contributed by atoms with Gasteiger partial charge in [-0.25, -0.2) is 13.2 Å². The number of fused-ring (bicyclic) bond motifs is 1. The molecule has 1 aromatic rings. The number of amides is 1. The summed E-state index contributed by atoms with van der Waals surface area (Å²) in [6, 6.07) is 5.61. The zero-order valence-corrected chi connectivity index (χ0v) is 15.7. The summed E-state index contributed by atoms with van der Waals surface area (Å²) in [5, 5.41) is 9.54. The normalized spacial score (nSPS) is 25.7. The standard InChI is InChI=1S/C19H25NO5S/c1-2-26(24,25)15-9-7-13(8-10-15)11-18(21)20-16-6-4-3-5-14(16)12-17(20)19(22)23/h7-10,14,16-17H,2-6,11-12H2,1H3,(H,22,23). The Morgan fingerprint density at radius 1 is 1.15 bits per heavy atom. The second-order valence-corrected chi connectivity index (χ2v) is 9.51. The Kier molecular flexibility index (Phi) is 5.37. The Bertz CT molecular complexity index is 787. The van der Waals surface area contributed by atoms with Crippen molar-refractivity contribution < 1.29 is 23.1 Å². The van der Waals surface area contributed by atoms with Gasteiger partial charge in [0.25, 0.3) is 0 Å². The van der Waals surface area contributed by atoms with E-state index in [1.54, 1.807) is 24.0 Å². The largest absolute Gasteiger partial charge is 0.480 e. The van der Waals surface area contributed by atoms with Crippen molar-refractivity contribution >= 4 is 21.7 Å². The van der Waals surface area contributed by atoms with Gasteiger partial charge in [-0.1, -0.05) is 31.9 Å². The second kappa shape index (κ2) is 7.39. The van der Waals surface area contributed by atoms with Crippen molar-refractivity contribution in [2.24, 2.45) is 5.92 Å². The molecule has 7 heteroatoms. The van der Waals surface area contributed by atoms with E-state index in [2.05, 4.69) is 0 Å². The lowest BCUT2D eigenvalue weighted by Gasteiger charge is -2.33. The summed E-state index contributed by atoms with van der Waals surface area (Å²) in [6.07, 6.45) is 4.62. The van der Waals surface area contributed by atoms with Gasteiger partial charge in [-0.2, -0.15) is 0 Å². The molecule has 1 N–H and O–H groups in total. The molecule has 1 aliphatic heterocycles. The first-order valence-electron chi connectivity index (χ1n) is 9.19. The van der Waals surface area contributed by atoms with Gasteiger partial charge in [-0.05, 0) is 42.9 Å². The molecule has 1 aromatic carbocycles. The quantitative estimate of drug-likeness (QED) is 0.847. The monoisotopic (exact) mass is 379 g/mol. The molecular formula is C19H25NO5S. The first-order chi connectivity index (χ1) is 12.3. The highest BCUT2D eigenvalue weighted by atomic mass is 32.2. The van der Waals surface area contributed by atoms with E-state index in [-0.39, 0.29) is 34.9 Å². The first-order valence-corrected chi connectivity index (χ1v) is 10.8. The molecule has 26 heavy (non-hydrogen) atoms. The van der Waals surface area contributed by atoms with Gasteiger partial charge in [0, 0.05) is 6.04 Å². The lowest BCUT2D eigenvalue weighted by molar-refractivity contribution is -0.149. The van der Waals surface area contributed by atoms with Gasteiger partial charge in [0.1, 0.15) is 6.04 Å². The first kappa shape index (κ1) is 18.9. The minimum Gasteiger partial charge on any atom is -0.480 e. The number of carbonyl (C=O) groups is 2. The van der Waals surface area contributed by atoms with Crippen LogP contribution in [0.5, 0.6) is 0 Å². The fourth-order valence-electron chi connectivity index (χ4n) is 4.29. The van der Waals surface area contributed by atoms with Crippen LogP contribution in [0.15, 0.2) is 29.2 Å². The Morgan fingerprint density at radius 3 is 2.42 bits per heavy atom. The predicted molar refractivity (Wildman–Crippen MR) is 96.5 cm³/mol. The molecule has 1 saturated carbocycles. The van der Waals surface area contributed by atoms with Crippen molar-refractivity contribution in [3.05, 3.63) is 29.8 Å². The van der Waals surface area contributed by atoms with Crippen LogP contribution < -0.4 is 0 Å². The highest BCUT2D eigenvalue weighted by Gasteiger charge is 2.47. The number of nitrogens with zero attached hydrogens (tertiary/aromatic N) is 1. The van der Waals surface area contributed by atoms with E-state index in [0.29, 0.717) is 12.0 Å². The molecule has 1 heterocycles. The number of likely N-dealkylation sites (tertiary alicyclic amines) is 1. The van der Waals surface area contributed by atoms with Crippen LogP contribution in [-0.2, 0) is 25.8 Å². The number of hydrogen-bond acceptors (Lipinski definition) is 4. The minimum atomic E-state index is -3.27. The van der Waals surface area contributed by atoms with E-state index in [1.807, 2.05) is 0 Å². The molecule has 0 radical (unpaired) electrons. The van der Waals surface area contributed by atoms with Crippen LogP contribution in [0, 0.1) is 5.92 Å². The molecule has 2 aliphatic rings. The summed E-state index contributed by atoms with van der Waals surface area (Å²) in [5.74, 6) is -0.802. The number of rotatable bonds is 5. The maximum absolute atomic E-state index is 12.9. The number of carbonyl (C=O) groups excluding carboxylic acids is 1. The van der Waals surface area contributed by atoms with Crippen LogP contribution >= 0.6 is 0 Å². The summed E-state index contributed by atoms with van der Waals surface area (Å²) in [5.41, 5.74) is 0.702. The van der Waals surface area contributed by atoms with Gasteiger partial charge in [-0.15, -0.1) is 0 Å². The molecule has 0 spiro atoms. The molecule has 1 aliphatic carbocycles. The molecule has 2 fully saturated rings. The third kappa shape index (κ3) is 3.63. The van der Waals surface area contributed by atoms with E-state index in [9.17, 15) is 23.1 Å².